The van der Waals surface area contributed by atoms with Gasteiger partial charge in [0, 0.05) is 36.6 Å². The Morgan fingerprint density at radius 3 is 2.71 bits per heavy atom. The van der Waals surface area contributed by atoms with Gasteiger partial charge in [0.15, 0.2) is 0 Å². The van der Waals surface area contributed by atoms with Crippen LogP contribution in [0.1, 0.15) is 32.3 Å². The zero-order valence-corrected chi connectivity index (χ0v) is 20.4. The summed E-state index contributed by atoms with van der Waals surface area (Å²) in [6, 6.07) is 12.7. The number of nitrogens with zero attached hydrogens (tertiary/aromatic N) is 1. The highest BCUT2D eigenvalue weighted by molar-refractivity contribution is 7.89. The molecular formula is C25H31N3O5S. The Balaban J connectivity index is 1.46. The Bertz CT molecular complexity index is 1250. The smallest absolute Gasteiger partial charge is 0.243 e. The number of carbonyl (C=O) groups is 1. The number of aromatic nitrogens is 1. The van der Waals surface area contributed by atoms with Crippen molar-refractivity contribution >= 4 is 32.5 Å². The van der Waals surface area contributed by atoms with E-state index in [2.05, 4.69) is 16.4 Å². The molecule has 1 aliphatic heterocycles. The van der Waals surface area contributed by atoms with Crippen molar-refractivity contribution in [1.82, 2.24) is 9.29 Å². The summed E-state index contributed by atoms with van der Waals surface area (Å²) >= 11 is 0. The van der Waals surface area contributed by atoms with E-state index >= 15 is 0 Å². The van der Waals surface area contributed by atoms with E-state index in [1.165, 1.54) is 22.0 Å². The van der Waals surface area contributed by atoms with Crippen LogP contribution in [-0.2, 0) is 26.0 Å². The van der Waals surface area contributed by atoms with Crippen LogP contribution in [0.5, 0.6) is 5.75 Å². The van der Waals surface area contributed by atoms with Gasteiger partial charge in [0.05, 0.1) is 29.9 Å². The van der Waals surface area contributed by atoms with E-state index in [0.29, 0.717) is 50.6 Å². The Kier molecular flexibility index (Phi) is 7.55. The van der Waals surface area contributed by atoms with E-state index in [-0.39, 0.29) is 16.9 Å². The molecule has 182 valence electrons. The molecule has 34 heavy (non-hydrogen) atoms. The van der Waals surface area contributed by atoms with E-state index in [1.807, 2.05) is 38.2 Å². The van der Waals surface area contributed by atoms with Gasteiger partial charge in [-0.2, -0.15) is 4.31 Å². The van der Waals surface area contributed by atoms with Gasteiger partial charge < -0.3 is 19.8 Å². The van der Waals surface area contributed by atoms with Crippen molar-refractivity contribution < 1.29 is 22.7 Å². The van der Waals surface area contributed by atoms with E-state index in [1.54, 1.807) is 6.07 Å². The fourth-order valence-electron chi connectivity index (χ4n) is 4.05. The van der Waals surface area contributed by atoms with Crippen LogP contribution >= 0.6 is 0 Å². The lowest BCUT2D eigenvalue weighted by Gasteiger charge is -2.26. The number of amides is 1. The SMILES string of the molecule is CC(C)Oc1ccc(S(=O)(=O)N2CCOCC2)cc1NC(=O)CCCc1c[nH]c2ccccc12. The fraction of sp³-hybridized carbons (Fsp3) is 0.400. The highest BCUT2D eigenvalue weighted by Gasteiger charge is 2.27. The second kappa shape index (κ2) is 10.6. The summed E-state index contributed by atoms with van der Waals surface area (Å²) in [7, 11) is -3.69. The Morgan fingerprint density at radius 1 is 1.18 bits per heavy atom. The second-order valence-corrected chi connectivity index (χ2v) is 10.5. The van der Waals surface area contributed by atoms with Gasteiger partial charge in [-0.05, 0) is 56.5 Å². The zero-order chi connectivity index (χ0) is 24.1. The number of anilines is 1. The molecule has 9 heteroatoms. The van der Waals surface area contributed by atoms with Gasteiger partial charge in [-0.25, -0.2) is 8.42 Å². The molecule has 1 amide bonds. The highest BCUT2D eigenvalue weighted by atomic mass is 32.2. The number of sulfonamides is 1. The molecule has 2 N–H and O–H groups in total. The van der Waals surface area contributed by atoms with Crippen LogP contribution in [0.25, 0.3) is 10.9 Å². The third-order valence-corrected chi connectivity index (χ3v) is 7.62. The monoisotopic (exact) mass is 485 g/mol. The molecule has 0 unspecified atom stereocenters. The van der Waals surface area contributed by atoms with Crippen LogP contribution in [0, 0.1) is 0 Å². The molecule has 0 saturated carbocycles. The Morgan fingerprint density at radius 2 is 1.94 bits per heavy atom. The van der Waals surface area contributed by atoms with E-state index in [9.17, 15) is 13.2 Å². The number of benzene rings is 2. The number of H-pyrrole nitrogens is 1. The molecule has 1 saturated heterocycles. The molecule has 0 radical (unpaired) electrons. The summed E-state index contributed by atoms with van der Waals surface area (Å²) in [6.07, 6.45) is 3.59. The number of fused-ring (bicyclic) bond motifs is 1. The summed E-state index contributed by atoms with van der Waals surface area (Å²) in [6.45, 7) is 5.11. The summed E-state index contributed by atoms with van der Waals surface area (Å²) in [5.41, 5.74) is 2.61. The van der Waals surface area contributed by atoms with Crippen LogP contribution in [0.4, 0.5) is 5.69 Å². The number of hydrogen-bond acceptors (Lipinski definition) is 5. The van der Waals surface area contributed by atoms with Gasteiger partial charge in [0.1, 0.15) is 5.75 Å². The predicted octanol–water partition coefficient (Wildman–Crippen LogP) is 3.94. The summed E-state index contributed by atoms with van der Waals surface area (Å²) in [4.78, 5) is 16.1. The van der Waals surface area contributed by atoms with Crippen molar-refractivity contribution in [3.8, 4) is 5.75 Å². The summed E-state index contributed by atoms with van der Waals surface area (Å²) in [5.74, 6) is 0.260. The number of ether oxygens (including phenoxy) is 2. The van der Waals surface area contributed by atoms with Crippen LogP contribution in [0.2, 0.25) is 0 Å². The van der Waals surface area contributed by atoms with Gasteiger partial charge in [0.25, 0.3) is 0 Å². The molecule has 0 atom stereocenters. The molecule has 1 fully saturated rings. The van der Waals surface area contributed by atoms with Gasteiger partial charge in [-0.1, -0.05) is 18.2 Å². The lowest BCUT2D eigenvalue weighted by Crippen LogP contribution is -2.40. The fourth-order valence-corrected chi connectivity index (χ4v) is 5.49. The molecule has 1 aromatic heterocycles. The molecule has 0 aliphatic carbocycles. The van der Waals surface area contributed by atoms with Crippen molar-refractivity contribution in [3.05, 3.63) is 54.2 Å². The normalized spacial score (nSPS) is 15.0. The molecule has 0 bridgehead atoms. The van der Waals surface area contributed by atoms with Crippen molar-refractivity contribution in [2.45, 2.75) is 44.1 Å². The maximum Gasteiger partial charge on any atom is 0.243 e. The molecule has 2 aromatic carbocycles. The predicted molar refractivity (Wildman–Crippen MR) is 132 cm³/mol. The van der Waals surface area contributed by atoms with Crippen LogP contribution in [0.3, 0.4) is 0 Å². The lowest BCUT2D eigenvalue weighted by molar-refractivity contribution is -0.116. The zero-order valence-electron chi connectivity index (χ0n) is 19.5. The highest BCUT2D eigenvalue weighted by Crippen LogP contribution is 2.30. The average Bonchev–Trinajstić information content (AvgIpc) is 3.23. The topological polar surface area (TPSA) is 101 Å². The average molecular weight is 486 g/mol. The number of hydrogen-bond donors (Lipinski definition) is 2. The molecular weight excluding hydrogens is 454 g/mol. The number of para-hydroxylation sites is 1. The molecule has 2 heterocycles. The summed E-state index contributed by atoms with van der Waals surface area (Å²) in [5, 5.41) is 4.03. The second-order valence-electron chi connectivity index (χ2n) is 8.60. The maximum atomic E-state index is 13.1. The number of aryl methyl sites for hydroxylation is 1. The first-order valence-corrected chi connectivity index (χ1v) is 13.0. The minimum atomic E-state index is -3.69. The van der Waals surface area contributed by atoms with Gasteiger partial charge in [-0.15, -0.1) is 0 Å². The van der Waals surface area contributed by atoms with Crippen LogP contribution in [-0.4, -0.2) is 56.0 Å². The minimum absolute atomic E-state index is 0.125. The maximum absolute atomic E-state index is 13.1. The molecule has 0 spiro atoms. The van der Waals surface area contributed by atoms with Crippen molar-refractivity contribution in [2.24, 2.45) is 0 Å². The number of aromatic amines is 1. The molecule has 1 aliphatic rings. The van der Waals surface area contributed by atoms with Crippen molar-refractivity contribution in [2.75, 3.05) is 31.6 Å². The Hall–Kier alpha value is -2.88. The van der Waals surface area contributed by atoms with Crippen LogP contribution < -0.4 is 10.1 Å². The number of rotatable bonds is 9. The third-order valence-electron chi connectivity index (χ3n) is 5.72. The Labute approximate surface area is 200 Å². The first-order chi connectivity index (χ1) is 16.3. The quantitative estimate of drug-likeness (QED) is 0.478. The van der Waals surface area contributed by atoms with E-state index in [0.717, 1.165) is 17.3 Å². The number of carbonyl (C=O) groups excluding carboxylic acids is 1. The third kappa shape index (κ3) is 5.60. The van der Waals surface area contributed by atoms with E-state index < -0.39 is 10.0 Å². The first-order valence-electron chi connectivity index (χ1n) is 11.6. The molecule has 8 nitrogen and oxygen atoms in total. The number of morpholine rings is 1. The van der Waals surface area contributed by atoms with Gasteiger partial charge in [-0.3, -0.25) is 4.79 Å². The largest absolute Gasteiger partial charge is 0.489 e. The van der Waals surface area contributed by atoms with Crippen LogP contribution in [0.15, 0.2) is 53.6 Å². The minimum Gasteiger partial charge on any atom is -0.489 e. The first kappa shape index (κ1) is 24.3. The molecule has 3 aromatic rings. The van der Waals surface area contributed by atoms with E-state index in [4.69, 9.17) is 9.47 Å². The summed E-state index contributed by atoms with van der Waals surface area (Å²) < 4.78 is 38.7. The van der Waals surface area contributed by atoms with Crippen molar-refractivity contribution in [3.63, 3.8) is 0 Å². The standard InChI is InChI=1S/C25H31N3O5S/c1-18(2)33-24-11-10-20(34(30,31)28-12-14-32-15-13-28)16-23(24)27-25(29)9-5-6-19-17-26-22-8-4-3-7-21(19)22/h3-4,7-8,10-11,16-18,26H,5-6,9,12-15H2,1-2H3,(H,27,29). The van der Waals surface area contributed by atoms with Crippen molar-refractivity contribution in [1.29, 1.82) is 0 Å². The number of nitrogens with one attached hydrogen (secondary N) is 2. The van der Waals surface area contributed by atoms with Gasteiger partial charge >= 0.3 is 0 Å². The van der Waals surface area contributed by atoms with Gasteiger partial charge in [0.2, 0.25) is 15.9 Å². The lowest BCUT2D eigenvalue weighted by atomic mass is 10.1. The molecule has 4 rings (SSSR count).